The maximum atomic E-state index is 5.33. The lowest BCUT2D eigenvalue weighted by Crippen LogP contribution is -2.34. The Morgan fingerprint density at radius 3 is 2.21 bits per heavy atom. The largest absolute Gasteiger partial charge is 0.411 e. The van der Waals surface area contributed by atoms with Crippen molar-refractivity contribution >= 4 is 15.0 Å². The van der Waals surface area contributed by atoms with Gasteiger partial charge in [-0.1, -0.05) is 20.3 Å². The fourth-order valence-corrected chi connectivity index (χ4v) is 2.78. The first-order valence-electron chi connectivity index (χ1n) is 5.17. The fraction of sp³-hybridized carbons (Fsp3) is 0.900. The Bertz CT molecular complexity index is 170. The highest BCUT2D eigenvalue weighted by Gasteiger charge is 2.24. The molecular weight excluding hydrogens is 194 g/mol. The number of nitrogens with zero attached hydrogens (tertiary/aromatic N) is 1. The molecule has 0 aliphatic carbocycles. The molecule has 0 rings (SSSR count). The summed E-state index contributed by atoms with van der Waals surface area (Å²) in [5, 5.41) is 0. The molecule has 0 bridgehead atoms. The first-order valence-corrected chi connectivity index (χ1v) is 6.57. The second-order valence-electron chi connectivity index (χ2n) is 3.25. The topological polar surface area (TPSA) is 30.8 Å². The third kappa shape index (κ3) is 4.88. The second kappa shape index (κ2) is 8.14. The predicted octanol–water partition coefficient (Wildman–Crippen LogP) is 2.35. The van der Waals surface area contributed by atoms with E-state index in [9.17, 15) is 0 Å². The summed E-state index contributed by atoms with van der Waals surface area (Å²) < 4.78 is 10.7. The Balaban J connectivity index is 4.40. The van der Waals surface area contributed by atoms with Crippen LogP contribution in [0.15, 0.2) is 4.99 Å². The molecule has 0 fully saturated rings. The highest BCUT2D eigenvalue weighted by molar-refractivity contribution is 6.46. The molecule has 4 heteroatoms. The van der Waals surface area contributed by atoms with Gasteiger partial charge in [-0.3, -0.25) is 4.99 Å². The van der Waals surface area contributed by atoms with Crippen molar-refractivity contribution in [2.75, 3.05) is 14.2 Å². The van der Waals surface area contributed by atoms with E-state index in [2.05, 4.69) is 25.8 Å². The summed E-state index contributed by atoms with van der Waals surface area (Å²) in [6.07, 6.45) is 3.17. The summed E-state index contributed by atoms with van der Waals surface area (Å²) in [5.41, 5.74) is 1.42. The van der Waals surface area contributed by atoms with E-state index in [0.717, 1.165) is 19.3 Å². The molecule has 0 aliphatic rings. The third-order valence-electron chi connectivity index (χ3n) is 2.12. The van der Waals surface area contributed by atoms with E-state index in [-0.39, 0.29) is 5.67 Å². The van der Waals surface area contributed by atoms with Crippen LogP contribution in [0.4, 0.5) is 0 Å². The number of hydrogen-bond acceptors (Lipinski definition) is 3. The lowest BCUT2D eigenvalue weighted by molar-refractivity contribution is 0.264. The van der Waals surface area contributed by atoms with Crippen LogP contribution in [0.25, 0.3) is 0 Å². The van der Waals surface area contributed by atoms with Crippen LogP contribution in [0.5, 0.6) is 0 Å². The Labute approximate surface area is 89.4 Å². The van der Waals surface area contributed by atoms with Crippen LogP contribution >= 0.6 is 0 Å². The van der Waals surface area contributed by atoms with E-state index in [1.165, 1.54) is 5.71 Å². The normalized spacial score (nSPS) is 14.9. The van der Waals surface area contributed by atoms with Gasteiger partial charge in [-0.2, -0.15) is 0 Å². The van der Waals surface area contributed by atoms with Gasteiger partial charge in [-0.15, -0.1) is 0 Å². The minimum Gasteiger partial charge on any atom is -0.395 e. The standard InChI is InChI=1S/C10H22NO2Si/c1-6-8-10(11-9(3)7-2)14(12-4)13-5/h10H,6-8H2,1-5H3. The monoisotopic (exact) mass is 216 g/mol. The van der Waals surface area contributed by atoms with E-state index < -0.39 is 9.28 Å². The third-order valence-corrected chi connectivity index (χ3v) is 3.89. The molecule has 0 heterocycles. The van der Waals surface area contributed by atoms with Gasteiger partial charge in [0.1, 0.15) is 0 Å². The van der Waals surface area contributed by atoms with Gasteiger partial charge in [-0.25, -0.2) is 0 Å². The molecule has 0 amide bonds. The first kappa shape index (κ1) is 13.8. The van der Waals surface area contributed by atoms with Crippen molar-refractivity contribution in [3.05, 3.63) is 0 Å². The molecular formula is C10H22NO2Si. The lowest BCUT2D eigenvalue weighted by Gasteiger charge is -2.17. The SMILES string of the molecule is CCCC(N=C(C)CC)[Si](OC)OC. The second-order valence-corrected chi connectivity index (χ2v) is 5.37. The van der Waals surface area contributed by atoms with Crippen molar-refractivity contribution in [1.29, 1.82) is 0 Å². The molecule has 0 aromatic carbocycles. The smallest absolute Gasteiger partial charge is 0.395 e. The minimum absolute atomic E-state index is 0.236. The van der Waals surface area contributed by atoms with Crippen molar-refractivity contribution in [2.24, 2.45) is 4.99 Å². The zero-order valence-electron chi connectivity index (χ0n) is 9.96. The quantitative estimate of drug-likeness (QED) is 0.483. The molecule has 1 unspecified atom stereocenters. The first-order chi connectivity index (χ1) is 6.69. The van der Waals surface area contributed by atoms with Gasteiger partial charge in [0.25, 0.3) is 0 Å². The average Bonchev–Trinajstić information content (AvgIpc) is 2.19. The van der Waals surface area contributed by atoms with Gasteiger partial charge < -0.3 is 8.85 Å². The fourth-order valence-electron chi connectivity index (χ4n) is 1.22. The Kier molecular flexibility index (Phi) is 8.03. The summed E-state index contributed by atoms with van der Waals surface area (Å²) in [4.78, 5) is 4.64. The van der Waals surface area contributed by atoms with Gasteiger partial charge >= 0.3 is 9.28 Å². The Morgan fingerprint density at radius 1 is 1.29 bits per heavy atom. The summed E-state index contributed by atoms with van der Waals surface area (Å²) in [5.74, 6) is 0. The molecule has 1 radical (unpaired) electrons. The zero-order chi connectivity index (χ0) is 11.0. The molecule has 83 valence electrons. The van der Waals surface area contributed by atoms with Crippen LogP contribution in [0.2, 0.25) is 0 Å². The average molecular weight is 216 g/mol. The summed E-state index contributed by atoms with van der Waals surface area (Å²) in [7, 11) is 2.19. The van der Waals surface area contributed by atoms with Crippen molar-refractivity contribution in [3.63, 3.8) is 0 Å². The van der Waals surface area contributed by atoms with E-state index in [1.54, 1.807) is 14.2 Å². The molecule has 0 aliphatic heterocycles. The van der Waals surface area contributed by atoms with Crippen LogP contribution in [0.3, 0.4) is 0 Å². The molecule has 1 atom stereocenters. The van der Waals surface area contributed by atoms with E-state index >= 15 is 0 Å². The highest BCUT2D eigenvalue weighted by Crippen LogP contribution is 2.08. The molecule has 0 spiro atoms. The summed E-state index contributed by atoms with van der Waals surface area (Å²) in [6.45, 7) is 6.34. The Hall–Kier alpha value is -0.193. The van der Waals surface area contributed by atoms with E-state index in [0.29, 0.717) is 0 Å². The van der Waals surface area contributed by atoms with Gasteiger partial charge in [0.15, 0.2) is 0 Å². The van der Waals surface area contributed by atoms with Gasteiger partial charge in [0.05, 0.1) is 5.67 Å². The van der Waals surface area contributed by atoms with Crippen LogP contribution in [0, 0.1) is 0 Å². The summed E-state index contributed by atoms with van der Waals surface area (Å²) >= 11 is 0. The highest BCUT2D eigenvalue weighted by atomic mass is 28.3. The van der Waals surface area contributed by atoms with E-state index in [4.69, 9.17) is 8.85 Å². The number of hydrogen-bond donors (Lipinski definition) is 0. The van der Waals surface area contributed by atoms with Crippen LogP contribution in [0.1, 0.15) is 40.0 Å². The molecule has 14 heavy (non-hydrogen) atoms. The zero-order valence-corrected chi connectivity index (χ0v) is 11.0. The summed E-state index contributed by atoms with van der Waals surface area (Å²) in [6, 6.07) is 0. The van der Waals surface area contributed by atoms with Crippen molar-refractivity contribution in [3.8, 4) is 0 Å². The predicted molar refractivity (Wildman–Crippen MR) is 61.9 cm³/mol. The van der Waals surface area contributed by atoms with Crippen LogP contribution < -0.4 is 0 Å². The maximum absolute atomic E-state index is 5.33. The molecule has 0 aromatic rings. The molecule has 0 saturated heterocycles. The van der Waals surface area contributed by atoms with Gasteiger partial charge in [0, 0.05) is 19.9 Å². The van der Waals surface area contributed by atoms with Gasteiger partial charge in [0.2, 0.25) is 0 Å². The number of aliphatic imine (C=N–C) groups is 1. The van der Waals surface area contributed by atoms with Crippen LogP contribution in [-0.2, 0) is 8.85 Å². The minimum atomic E-state index is -1.22. The lowest BCUT2D eigenvalue weighted by atomic mass is 10.3. The van der Waals surface area contributed by atoms with Crippen molar-refractivity contribution < 1.29 is 8.85 Å². The van der Waals surface area contributed by atoms with E-state index in [1.807, 2.05) is 0 Å². The molecule has 0 N–H and O–H groups in total. The maximum Gasteiger partial charge on any atom is 0.411 e. The molecule has 3 nitrogen and oxygen atoms in total. The molecule has 0 saturated carbocycles. The Morgan fingerprint density at radius 2 is 1.86 bits per heavy atom. The van der Waals surface area contributed by atoms with Crippen molar-refractivity contribution in [1.82, 2.24) is 0 Å². The molecule has 0 aromatic heterocycles. The van der Waals surface area contributed by atoms with Crippen molar-refractivity contribution in [2.45, 2.75) is 45.7 Å². The van der Waals surface area contributed by atoms with Gasteiger partial charge in [-0.05, 0) is 19.8 Å². The number of rotatable bonds is 7. The van der Waals surface area contributed by atoms with Crippen LogP contribution in [-0.4, -0.2) is 34.9 Å².